The van der Waals surface area contributed by atoms with E-state index >= 15 is 0 Å². The quantitative estimate of drug-likeness (QED) is 0.303. The number of carboxylic acids is 2. The second kappa shape index (κ2) is 14.1. The van der Waals surface area contributed by atoms with Gasteiger partial charge in [0.15, 0.2) is 5.78 Å². The van der Waals surface area contributed by atoms with Crippen molar-refractivity contribution >= 4 is 23.6 Å². The van der Waals surface area contributed by atoms with Gasteiger partial charge in [0.2, 0.25) is 5.91 Å². The minimum Gasteiger partial charge on any atom is -0.478 e. The van der Waals surface area contributed by atoms with Gasteiger partial charge < -0.3 is 26.4 Å². The van der Waals surface area contributed by atoms with Crippen LogP contribution in [0.3, 0.4) is 0 Å². The summed E-state index contributed by atoms with van der Waals surface area (Å²) in [4.78, 5) is 41.3. The second-order valence-corrected chi connectivity index (χ2v) is 4.85. The molecule has 6 N–H and O–H groups in total. The Morgan fingerprint density at radius 3 is 1.83 bits per heavy atom. The summed E-state index contributed by atoms with van der Waals surface area (Å²) in [6, 6.07) is 0. The maximum atomic E-state index is 10.8. The van der Waals surface area contributed by atoms with Gasteiger partial charge in [-0.25, -0.2) is 9.59 Å². The first-order valence-corrected chi connectivity index (χ1v) is 6.54. The van der Waals surface area contributed by atoms with Gasteiger partial charge >= 0.3 is 11.9 Å². The number of hydrogen-bond donors (Lipinski definition) is 5. The number of amides is 1. The summed E-state index contributed by atoms with van der Waals surface area (Å²) in [7, 11) is 0. The molecule has 0 atom stereocenters. The number of carbonyl (C=O) groups excluding carboxylic acids is 2. The molecule has 0 saturated carbocycles. The van der Waals surface area contributed by atoms with Crippen LogP contribution in [0.5, 0.6) is 0 Å². The van der Waals surface area contributed by atoms with E-state index in [1.165, 1.54) is 0 Å². The molecule has 24 heavy (non-hydrogen) atoms. The fraction of sp³-hybridized carbons (Fsp3) is 0.467. The van der Waals surface area contributed by atoms with E-state index in [2.05, 4.69) is 5.32 Å². The Balaban J connectivity index is -0.000000354. The molecule has 0 fully saturated rings. The average molecular weight is 346 g/mol. The molecule has 0 aromatic carbocycles. The lowest BCUT2D eigenvalue weighted by Crippen LogP contribution is -2.50. The first kappa shape index (κ1) is 26.4. The van der Waals surface area contributed by atoms with Crippen molar-refractivity contribution < 1.29 is 34.5 Å². The van der Waals surface area contributed by atoms with Gasteiger partial charge in [-0.3, -0.25) is 9.59 Å². The van der Waals surface area contributed by atoms with Crippen molar-refractivity contribution in [1.29, 1.82) is 0 Å². The van der Waals surface area contributed by atoms with Gasteiger partial charge in [0, 0.05) is 31.3 Å². The zero-order valence-electron chi connectivity index (χ0n) is 13.0. The molecular formula is C15H26N2O7. The van der Waals surface area contributed by atoms with E-state index < -0.39 is 23.5 Å². The number of carboxylic acid groups (broad SMARTS) is 2. The van der Waals surface area contributed by atoms with Crippen LogP contribution in [0.1, 0.15) is 34.1 Å². The van der Waals surface area contributed by atoms with Crippen molar-refractivity contribution in [3.63, 3.8) is 0 Å². The first-order chi connectivity index (χ1) is 10.5. The van der Waals surface area contributed by atoms with Gasteiger partial charge in [-0.1, -0.05) is 7.43 Å². The Kier molecular flexibility index (Phi) is 15.5. The smallest absolute Gasteiger partial charge is 0.328 e. The molecule has 0 radical (unpaired) electrons. The molecule has 0 aromatic rings. The standard InChI is InChI=1S/C7H12N2O3.C7H10O4.CH4/c1-7(2,8)9-5(10)3-4-6(11)12;8-5-1-2-6(9)3-4-7(10)11;/h3-4H,8H2,1-2H3,(H,9,10)(H,11,12);3-4,8H,1-2,5H2,(H,10,11);1H4/b2*4-3-;. The minimum atomic E-state index is -1.17. The highest BCUT2D eigenvalue weighted by Crippen LogP contribution is 1.90. The number of aliphatic carboxylic acids is 2. The van der Waals surface area contributed by atoms with Crippen molar-refractivity contribution in [2.75, 3.05) is 6.61 Å². The van der Waals surface area contributed by atoms with Crippen LogP contribution in [0.15, 0.2) is 24.3 Å². The molecule has 0 aromatic heterocycles. The monoisotopic (exact) mass is 346 g/mol. The van der Waals surface area contributed by atoms with Crippen molar-refractivity contribution in [1.82, 2.24) is 5.32 Å². The number of nitrogens with one attached hydrogen (secondary N) is 1. The Labute approximate surface area is 140 Å². The Morgan fingerprint density at radius 1 is 1.00 bits per heavy atom. The lowest BCUT2D eigenvalue weighted by Gasteiger charge is -2.18. The first-order valence-electron chi connectivity index (χ1n) is 6.54. The van der Waals surface area contributed by atoms with Gasteiger partial charge in [-0.05, 0) is 26.3 Å². The maximum Gasteiger partial charge on any atom is 0.328 e. The van der Waals surface area contributed by atoms with E-state index in [1.54, 1.807) is 13.8 Å². The largest absolute Gasteiger partial charge is 0.478 e. The summed E-state index contributed by atoms with van der Waals surface area (Å²) >= 11 is 0. The van der Waals surface area contributed by atoms with Gasteiger partial charge in [-0.15, -0.1) is 0 Å². The van der Waals surface area contributed by atoms with E-state index in [0.29, 0.717) is 6.42 Å². The molecule has 0 spiro atoms. The fourth-order valence-corrected chi connectivity index (χ4v) is 1.01. The van der Waals surface area contributed by atoms with Crippen LogP contribution in [-0.2, 0) is 19.2 Å². The molecule has 0 bridgehead atoms. The topological polar surface area (TPSA) is 167 Å². The lowest BCUT2D eigenvalue weighted by atomic mass is 10.2. The van der Waals surface area contributed by atoms with Crippen LogP contribution < -0.4 is 11.1 Å². The van der Waals surface area contributed by atoms with Crippen molar-refractivity contribution in [3.8, 4) is 0 Å². The maximum absolute atomic E-state index is 10.8. The predicted octanol–water partition coefficient (Wildman–Crippen LogP) is 0.0431. The number of aliphatic hydroxyl groups excluding tert-OH is 1. The van der Waals surface area contributed by atoms with Crippen LogP contribution in [0.4, 0.5) is 0 Å². The van der Waals surface area contributed by atoms with E-state index in [1.807, 2.05) is 0 Å². The number of carbonyl (C=O) groups is 4. The van der Waals surface area contributed by atoms with Crippen LogP contribution in [-0.4, -0.2) is 51.2 Å². The highest BCUT2D eigenvalue weighted by Gasteiger charge is 2.11. The number of hydrogen-bond acceptors (Lipinski definition) is 6. The Morgan fingerprint density at radius 2 is 1.46 bits per heavy atom. The zero-order chi connectivity index (χ0) is 18.5. The molecule has 0 aliphatic carbocycles. The minimum absolute atomic E-state index is 0. The molecule has 0 aliphatic rings. The number of allylic oxidation sites excluding steroid dienone is 1. The molecule has 0 heterocycles. The molecule has 0 rings (SSSR count). The molecule has 0 aliphatic heterocycles. The predicted molar refractivity (Wildman–Crippen MR) is 88.0 cm³/mol. The summed E-state index contributed by atoms with van der Waals surface area (Å²) in [6.07, 6.45) is 4.03. The van der Waals surface area contributed by atoms with E-state index in [4.69, 9.17) is 21.1 Å². The lowest BCUT2D eigenvalue weighted by molar-refractivity contribution is -0.132. The van der Waals surface area contributed by atoms with E-state index in [9.17, 15) is 19.2 Å². The zero-order valence-corrected chi connectivity index (χ0v) is 13.0. The molecule has 0 unspecified atom stereocenters. The average Bonchev–Trinajstić information content (AvgIpc) is 2.39. The van der Waals surface area contributed by atoms with Crippen LogP contribution in [0, 0.1) is 0 Å². The third-order valence-electron chi connectivity index (χ3n) is 1.82. The van der Waals surface area contributed by atoms with E-state index in [0.717, 1.165) is 24.3 Å². The summed E-state index contributed by atoms with van der Waals surface area (Å²) in [6.45, 7) is 3.14. The molecule has 0 saturated heterocycles. The van der Waals surface area contributed by atoms with Crippen LogP contribution >= 0.6 is 0 Å². The number of nitrogens with two attached hydrogens (primary N) is 1. The summed E-state index contributed by atoms with van der Waals surface area (Å²) < 4.78 is 0. The van der Waals surface area contributed by atoms with Crippen molar-refractivity contribution in [2.24, 2.45) is 5.73 Å². The Bertz CT molecular complexity index is 477. The summed E-state index contributed by atoms with van der Waals surface area (Å²) in [5.74, 6) is -3.10. The molecule has 9 heteroatoms. The molecule has 138 valence electrons. The van der Waals surface area contributed by atoms with Crippen LogP contribution in [0.25, 0.3) is 0 Å². The number of ketones is 1. The number of rotatable bonds is 8. The summed E-state index contributed by atoms with van der Waals surface area (Å²) in [5.41, 5.74) is 4.60. The molecule has 1 amide bonds. The molecule has 9 nitrogen and oxygen atoms in total. The van der Waals surface area contributed by atoms with E-state index in [-0.39, 0.29) is 26.2 Å². The SMILES string of the molecule is C.CC(C)(N)NC(=O)/C=C\C(=O)O.O=C(O)/C=C\C(=O)CCCO. The third-order valence-corrected chi connectivity index (χ3v) is 1.82. The molecular weight excluding hydrogens is 320 g/mol. The van der Waals surface area contributed by atoms with Gasteiger partial charge in [0.05, 0.1) is 5.66 Å². The Hall–Kier alpha value is -2.52. The number of aliphatic hydroxyl groups is 1. The second-order valence-electron chi connectivity index (χ2n) is 4.85. The highest BCUT2D eigenvalue weighted by molar-refractivity contribution is 5.95. The van der Waals surface area contributed by atoms with Gasteiger partial charge in [0.25, 0.3) is 0 Å². The van der Waals surface area contributed by atoms with Crippen LogP contribution in [0.2, 0.25) is 0 Å². The van der Waals surface area contributed by atoms with Gasteiger partial charge in [-0.2, -0.15) is 0 Å². The van der Waals surface area contributed by atoms with Crippen molar-refractivity contribution in [3.05, 3.63) is 24.3 Å². The highest BCUT2D eigenvalue weighted by atomic mass is 16.4. The normalized spacial score (nSPS) is 10.5. The fourth-order valence-electron chi connectivity index (χ4n) is 1.01. The van der Waals surface area contributed by atoms with Gasteiger partial charge in [0.1, 0.15) is 0 Å². The summed E-state index contributed by atoms with van der Waals surface area (Å²) in [5, 5.41) is 26.9. The third kappa shape index (κ3) is 24.5. The van der Waals surface area contributed by atoms with Crippen molar-refractivity contribution in [2.45, 2.75) is 39.8 Å².